The van der Waals surface area contributed by atoms with E-state index in [-0.39, 0.29) is 6.10 Å². The standard InChI is InChI=1S/C11H23O2PS/c1-5-8-9-12-14(15,10-6-2)13-11(4)7-3/h6,11H,2,5,7-10H2,1,3-4H3. The van der Waals surface area contributed by atoms with Crippen molar-refractivity contribution < 1.29 is 9.05 Å². The SMILES string of the molecule is C=CCP(=S)(OCCCC)OC(C)CC. The maximum Gasteiger partial charge on any atom is 0.192 e. The lowest BCUT2D eigenvalue weighted by atomic mass is 10.3. The largest absolute Gasteiger partial charge is 0.329 e. The van der Waals surface area contributed by atoms with E-state index in [1.807, 2.05) is 6.92 Å². The quantitative estimate of drug-likeness (QED) is 0.348. The van der Waals surface area contributed by atoms with Crippen LogP contribution in [0.4, 0.5) is 0 Å². The van der Waals surface area contributed by atoms with E-state index in [1.54, 1.807) is 6.08 Å². The summed E-state index contributed by atoms with van der Waals surface area (Å²) in [5.41, 5.74) is 0. The molecule has 0 aromatic carbocycles. The monoisotopic (exact) mass is 250 g/mol. The van der Waals surface area contributed by atoms with E-state index in [0.29, 0.717) is 12.8 Å². The van der Waals surface area contributed by atoms with Crippen molar-refractivity contribution in [2.45, 2.75) is 46.1 Å². The molecular weight excluding hydrogens is 227 g/mol. The lowest BCUT2D eigenvalue weighted by Crippen LogP contribution is -2.08. The molecule has 4 heteroatoms. The van der Waals surface area contributed by atoms with Gasteiger partial charge in [-0.05, 0) is 31.6 Å². The van der Waals surface area contributed by atoms with E-state index in [1.165, 1.54) is 0 Å². The molecule has 0 aromatic heterocycles. The maximum atomic E-state index is 5.81. The van der Waals surface area contributed by atoms with Crippen molar-refractivity contribution in [1.29, 1.82) is 0 Å². The molecule has 0 saturated heterocycles. The van der Waals surface area contributed by atoms with Crippen LogP contribution >= 0.6 is 6.49 Å². The van der Waals surface area contributed by atoms with Gasteiger partial charge in [0.2, 0.25) is 0 Å². The van der Waals surface area contributed by atoms with Crippen LogP contribution in [0.1, 0.15) is 40.0 Å². The van der Waals surface area contributed by atoms with Gasteiger partial charge in [-0.15, -0.1) is 6.58 Å². The molecule has 0 fully saturated rings. The lowest BCUT2D eigenvalue weighted by Gasteiger charge is -2.24. The summed E-state index contributed by atoms with van der Waals surface area (Å²) in [5.74, 6) is 0. The minimum absolute atomic E-state index is 0.178. The average molecular weight is 250 g/mol. The zero-order chi connectivity index (χ0) is 11.7. The normalized spacial score (nSPS) is 17.0. The first-order chi connectivity index (χ1) is 7.08. The summed E-state index contributed by atoms with van der Waals surface area (Å²) in [5, 5.41) is 0. The summed E-state index contributed by atoms with van der Waals surface area (Å²) in [6.45, 7) is 8.57. The Morgan fingerprint density at radius 1 is 1.47 bits per heavy atom. The molecule has 0 N–H and O–H groups in total. The van der Waals surface area contributed by atoms with Crippen molar-refractivity contribution in [2.75, 3.05) is 12.8 Å². The molecule has 2 unspecified atom stereocenters. The second-order valence-corrected chi connectivity index (χ2v) is 7.32. The molecule has 2 atom stereocenters. The Kier molecular flexibility index (Phi) is 8.64. The molecule has 0 rings (SSSR count). The second kappa shape index (κ2) is 8.46. The third kappa shape index (κ3) is 7.24. The van der Waals surface area contributed by atoms with Crippen LogP contribution in [0.5, 0.6) is 0 Å². The fourth-order valence-corrected chi connectivity index (χ4v) is 3.63. The van der Waals surface area contributed by atoms with E-state index in [9.17, 15) is 0 Å². The van der Waals surface area contributed by atoms with Gasteiger partial charge in [-0.2, -0.15) is 0 Å². The predicted octanol–water partition coefficient (Wildman–Crippen LogP) is 4.11. The third-order valence-electron chi connectivity index (χ3n) is 2.05. The van der Waals surface area contributed by atoms with E-state index >= 15 is 0 Å². The molecule has 0 radical (unpaired) electrons. The van der Waals surface area contributed by atoms with Gasteiger partial charge in [-0.25, -0.2) is 0 Å². The van der Waals surface area contributed by atoms with Crippen LogP contribution in [0.2, 0.25) is 0 Å². The van der Waals surface area contributed by atoms with Gasteiger partial charge in [0.1, 0.15) is 0 Å². The van der Waals surface area contributed by atoms with Crippen LogP contribution in [0.3, 0.4) is 0 Å². The van der Waals surface area contributed by atoms with Gasteiger partial charge in [-0.3, -0.25) is 0 Å². The summed E-state index contributed by atoms with van der Waals surface area (Å²) in [4.78, 5) is 0. The second-order valence-electron chi connectivity index (χ2n) is 3.59. The Morgan fingerprint density at radius 2 is 2.13 bits per heavy atom. The number of allylic oxidation sites excluding steroid dienone is 1. The highest BCUT2D eigenvalue weighted by Crippen LogP contribution is 2.50. The number of hydrogen-bond donors (Lipinski definition) is 0. The molecule has 0 bridgehead atoms. The van der Waals surface area contributed by atoms with E-state index in [4.69, 9.17) is 20.9 Å². The van der Waals surface area contributed by atoms with Crippen LogP contribution in [0, 0.1) is 0 Å². The van der Waals surface area contributed by atoms with E-state index < -0.39 is 6.49 Å². The minimum Gasteiger partial charge on any atom is -0.329 e. The third-order valence-corrected chi connectivity index (χ3v) is 5.04. The van der Waals surface area contributed by atoms with Gasteiger partial charge in [0.05, 0.1) is 12.7 Å². The van der Waals surface area contributed by atoms with Crippen molar-refractivity contribution in [2.24, 2.45) is 0 Å². The molecule has 0 aromatic rings. The summed E-state index contributed by atoms with van der Waals surface area (Å²) < 4.78 is 11.5. The number of unbranched alkanes of at least 4 members (excludes halogenated alkanes) is 1. The molecule has 0 spiro atoms. The van der Waals surface area contributed by atoms with Crippen molar-refractivity contribution in [3.8, 4) is 0 Å². The van der Waals surface area contributed by atoms with Gasteiger partial charge in [0.25, 0.3) is 0 Å². The smallest absolute Gasteiger partial charge is 0.192 e. The van der Waals surface area contributed by atoms with E-state index in [0.717, 1.165) is 19.3 Å². The lowest BCUT2D eigenvalue weighted by molar-refractivity contribution is 0.187. The van der Waals surface area contributed by atoms with Crippen molar-refractivity contribution in [3.05, 3.63) is 12.7 Å². The zero-order valence-electron chi connectivity index (χ0n) is 10.1. The van der Waals surface area contributed by atoms with Crippen LogP contribution in [-0.4, -0.2) is 18.9 Å². The fourth-order valence-electron chi connectivity index (χ4n) is 0.981. The average Bonchev–Trinajstić information content (AvgIpc) is 2.18. The van der Waals surface area contributed by atoms with Gasteiger partial charge in [0.15, 0.2) is 6.49 Å². The topological polar surface area (TPSA) is 18.5 Å². The molecule has 0 amide bonds. The molecule has 2 nitrogen and oxygen atoms in total. The molecule has 0 heterocycles. The van der Waals surface area contributed by atoms with Crippen molar-refractivity contribution >= 4 is 18.3 Å². The molecule has 90 valence electrons. The maximum absolute atomic E-state index is 5.81. The highest BCUT2D eigenvalue weighted by atomic mass is 32.5. The Bertz CT molecular complexity index is 219. The van der Waals surface area contributed by atoms with Crippen LogP contribution < -0.4 is 0 Å². The van der Waals surface area contributed by atoms with E-state index in [2.05, 4.69) is 20.4 Å². The van der Waals surface area contributed by atoms with Gasteiger partial charge in [0, 0.05) is 6.16 Å². The molecule has 15 heavy (non-hydrogen) atoms. The van der Waals surface area contributed by atoms with Gasteiger partial charge >= 0.3 is 0 Å². The van der Waals surface area contributed by atoms with Crippen LogP contribution in [0.25, 0.3) is 0 Å². The number of rotatable bonds is 9. The first-order valence-corrected chi connectivity index (χ1v) is 8.43. The first kappa shape index (κ1) is 15.3. The summed E-state index contributed by atoms with van der Waals surface area (Å²) >= 11 is 5.45. The Labute approximate surface area is 99.2 Å². The Balaban J connectivity index is 4.18. The van der Waals surface area contributed by atoms with Crippen LogP contribution in [-0.2, 0) is 20.9 Å². The Hall–Kier alpha value is 0.310. The van der Waals surface area contributed by atoms with Gasteiger partial charge < -0.3 is 9.05 Å². The van der Waals surface area contributed by atoms with Gasteiger partial charge in [-0.1, -0.05) is 26.3 Å². The summed E-state index contributed by atoms with van der Waals surface area (Å²) in [7, 11) is 0. The zero-order valence-corrected chi connectivity index (χ0v) is 11.8. The summed E-state index contributed by atoms with van der Waals surface area (Å²) in [6, 6.07) is 0. The number of hydrogen-bond acceptors (Lipinski definition) is 3. The van der Waals surface area contributed by atoms with Crippen LogP contribution in [0.15, 0.2) is 12.7 Å². The highest BCUT2D eigenvalue weighted by molar-refractivity contribution is 8.10. The first-order valence-electron chi connectivity index (χ1n) is 5.60. The fraction of sp³-hybridized carbons (Fsp3) is 0.818. The highest BCUT2D eigenvalue weighted by Gasteiger charge is 2.19. The molecule has 0 aliphatic heterocycles. The molecule has 0 aliphatic carbocycles. The minimum atomic E-state index is -2.11. The predicted molar refractivity (Wildman–Crippen MR) is 71.0 cm³/mol. The summed E-state index contributed by atoms with van der Waals surface area (Å²) in [6.07, 6.45) is 5.77. The molecule has 0 aliphatic rings. The molecule has 0 saturated carbocycles. The molecular formula is C11H23O2PS. The van der Waals surface area contributed by atoms with Crippen molar-refractivity contribution in [1.82, 2.24) is 0 Å². The Morgan fingerprint density at radius 3 is 2.60 bits per heavy atom. The van der Waals surface area contributed by atoms with Crippen molar-refractivity contribution in [3.63, 3.8) is 0 Å².